The van der Waals surface area contributed by atoms with E-state index in [1.165, 1.54) is 0 Å². The van der Waals surface area contributed by atoms with Crippen molar-refractivity contribution in [2.75, 3.05) is 0 Å². The van der Waals surface area contributed by atoms with Crippen LogP contribution in [0.5, 0.6) is 0 Å². The molecule has 0 amide bonds. The van der Waals surface area contributed by atoms with Gasteiger partial charge in [0.2, 0.25) is 6.43 Å². The molecule has 0 aliphatic heterocycles. The van der Waals surface area contributed by atoms with Crippen molar-refractivity contribution in [3.63, 3.8) is 0 Å². The molecule has 0 saturated heterocycles. The molecule has 0 spiro atoms. The van der Waals surface area contributed by atoms with Gasteiger partial charge >= 0.3 is 5.97 Å². The molecule has 0 radical (unpaired) electrons. The minimum Gasteiger partial charge on any atom is -0.481 e. The van der Waals surface area contributed by atoms with Crippen molar-refractivity contribution < 1.29 is 18.7 Å². The van der Waals surface area contributed by atoms with E-state index < -0.39 is 24.7 Å². The molecule has 4 heteroatoms. The SMILES string of the molecule is O=C(O)CC(c1cccc2c1CCC2)C(F)F. The maximum absolute atomic E-state index is 13.0. The molecule has 92 valence electrons. The Bertz CT molecular complexity index is 429. The third kappa shape index (κ3) is 2.46. The first-order valence-electron chi connectivity index (χ1n) is 5.70. The van der Waals surface area contributed by atoms with E-state index in [9.17, 15) is 13.6 Å². The Morgan fingerprint density at radius 3 is 2.76 bits per heavy atom. The van der Waals surface area contributed by atoms with Gasteiger partial charge in [-0.3, -0.25) is 4.79 Å². The van der Waals surface area contributed by atoms with Crippen LogP contribution in [-0.2, 0) is 17.6 Å². The van der Waals surface area contributed by atoms with Crippen LogP contribution < -0.4 is 0 Å². The summed E-state index contributed by atoms with van der Waals surface area (Å²) >= 11 is 0. The molecule has 17 heavy (non-hydrogen) atoms. The van der Waals surface area contributed by atoms with Gasteiger partial charge in [0, 0.05) is 0 Å². The molecule has 1 aliphatic carbocycles. The summed E-state index contributed by atoms with van der Waals surface area (Å²) in [6.07, 6.45) is -0.470. The van der Waals surface area contributed by atoms with E-state index in [-0.39, 0.29) is 0 Å². The Morgan fingerprint density at radius 2 is 2.12 bits per heavy atom. The highest BCUT2D eigenvalue weighted by molar-refractivity contribution is 5.68. The number of alkyl halides is 2. The summed E-state index contributed by atoms with van der Waals surface area (Å²) in [6.45, 7) is 0. The predicted molar refractivity (Wildman–Crippen MR) is 59.5 cm³/mol. The van der Waals surface area contributed by atoms with Crippen LogP contribution in [0.2, 0.25) is 0 Å². The number of aryl methyl sites for hydroxylation is 1. The smallest absolute Gasteiger partial charge is 0.304 e. The maximum Gasteiger partial charge on any atom is 0.304 e. The second kappa shape index (κ2) is 4.82. The van der Waals surface area contributed by atoms with Crippen LogP contribution in [0, 0.1) is 0 Å². The quantitative estimate of drug-likeness (QED) is 0.878. The zero-order valence-corrected chi connectivity index (χ0v) is 9.33. The molecular formula is C13H14F2O2. The Kier molecular flexibility index (Phi) is 3.41. The molecule has 2 rings (SSSR count). The maximum atomic E-state index is 13.0. The van der Waals surface area contributed by atoms with Gasteiger partial charge in [-0.15, -0.1) is 0 Å². The molecule has 2 nitrogen and oxygen atoms in total. The minimum atomic E-state index is -2.63. The molecule has 1 aromatic rings. The number of fused-ring (bicyclic) bond motifs is 1. The number of carboxylic acid groups (broad SMARTS) is 1. The largest absolute Gasteiger partial charge is 0.481 e. The van der Waals surface area contributed by atoms with Crippen LogP contribution in [0.3, 0.4) is 0 Å². The van der Waals surface area contributed by atoms with Gasteiger partial charge < -0.3 is 5.11 Å². The van der Waals surface area contributed by atoms with Crippen LogP contribution in [0.15, 0.2) is 18.2 Å². The number of carbonyl (C=O) groups is 1. The number of benzene rings is 1. The van der Waals surface area contributed by atoms with Crippen LogP contribution in [0.4, 0.5) is 8.78 Å². The fourth-order valence-corrected chi connectivity index (χ4v) is 2.52. The summed E-state index contributed by atoms with van der Waals surface area (Å²) in [5.74, 6) is -2.36. The topological polar surface area (TPSA) is 37.3 Å². The van der Waals surface area contributed by atoms with Gasteiger partial charge in [0.05, 0.1) is 12.3 Å². The minimum absolute atomic E-state index is 0.506. The van der Waals surface area contributed by atoms with Gasteiger partial charge in [0.25, 0.3) is 0 Å². The van der Waals surface area contributed by atoms with E-state index in [0.717, 1.165) is 30.4 Å². The summed E-state index contributed by atoms with van der Waals surface area (Å²) in [4.78, 5) is 10.7. The van der Waals surface area contributed by atoms with Crippen LogP contribution >= 0.6 is 0 Å². The van der Waals surface area contributed by atoms with Crippen molar-refractivity contribution in [2.24, 2.45) is 0 Å². The lowest BCUT2D eigenvalue weighted by atomic mass is 9.90. The van der Waals surface area contributed by atoms with E-state index in [4.69, 9.17) is 5.11 Å². The summed E-state index contributed by atoms with van der Waals surface area (Å²) in [6, 6.07) is 5.33. The number of carboxylic acids is 1. The lowest BCUT2D eigenvalue weighted by Gasteiger charge is -2.18. The van der Waals surface area contributed by atoms with Crippen molar-refractivity contribution in [2.45, 2.75) is 38.0 Å². The zero-order chi connectivity index (χ0) is 12.4. The number of hydrogen-bond acceptors (Lipinski definition) is 1. The van der Waals surface area contributed by atoms with Gasteiger partial charge in [-0.1, -0.05) is 18.2 Å². The first-order chi connectivity index (χ1) is 8.09. The molecule has 1 atom stereocenters. The standard InChI is InChI=1S/C13H14F2O2/c14-13(15)11(7-12(16)17)10-6-2-4-8-3-1-5-9(8)10/h2,4,6,11,13H,1,3,5,7H2,(H,16,17). The van der Waals surface area contributed by atoms with Crippen molar-refractivity contribution in [3.05, 3.63) is 34.9 Å². The summed E-state index contributed by atoms with van der Waals surface area (Å²) in [5.41, 5.74) is 2.56. The second-order valence-corrected chi connectivity index (χ2v) is 4.38. The molecule has 1 unspecified atom stereocenters. The Balaban J connectivity index is 2.36. The molecule has 0 heterocycles. The summed E-state index contributed by atoms with van der Waals surface area (Å²) < 4.78 is 25.9. The molecular weight excluding hydrogens is 226 g/mol. The highest BCUT2D eigenvalue weighted by Crippen LogP contribution is 2.34. The van der Waals surface area contributed by atoms with Gasteiger partial charge in [0.15, 0.2) is 0 Å². The average Bonchev–Trinajstić information content (AvgIpc) is 2.73. The zero-order valence-electron chi connectivity index (χ0n) is 9.33. The molecule has 1 aliphatic rings. The Labute approximate surface area is 98.3 Å². The van der Waals surface area contributed by atoms with Crippen molar-refractivity contribution in [1.29, 1.82) is 0 Å². The third-order valence-corrected chi connectivity index (χ3v) is 3.28. The van der Waals surface area contributed by atoms with Crippen molar-refractivity contribution in [1.82, 2.24) is 0 Å². The Morgan fingerprint density at radius 1 is 1.35 bits per heavy atom. The molecule has 0 saturated carbocycles. The van der Waals surface area contributed by atoms with E-state index in [2.05, 4.69) is 0 Å². The van der Waals surface area contributed by atoms with E-state index in [1.807, 2.05) is 6.07 Å². The third-order valence-electron chi connectivity index (χ3n) is 3.28. The first kappa shape index (κ1) is 12.0. The highest BCUT2D eigenvalue weighted by atomic mass is 19.3. The second-order valence-electron chi connectivity index (χ2n) is 4.38. The first-order valence-corrected chi connectivity index (χ1v) is 5.70. The molecule has 1 N–H and O–H groups in total. The van der Waals surface area contributed by atoms with Crippen LogP contribution in [0.25, 0.3) is 0 Å². The predicted octanol–water partition coefficient (Wildman–Crippen LogP) is 3.00. The molecule has 0 aromatic heterocycles. The van der Waals surface area contributed by atoms with Crippen molar-refractivity contribution >= 4 is 5.97 Å². The lowest BCUT2D eigenvalue weighted by Crippen LogP contribution is -2.15. The number of hydrogen-bond donors (Lipinski definition) is 1. The monoisotopic (exact) mass is 240 g/mol. The number of rotatable bonds is 4. The van der Waals surface area contributed by atoms with E-state index >= 15 is 0 Å². The van der Waals surface area contributed by atoms with Crippen LogP contribution in [-0.4, -0.2) is 17.5 Å². The van der Waals surface area contributed by atoms with Gasteiger partial charge in [0.1, 0.15) is 0 Å². The van der Waals surface area contributed by atoms with E-state index in [0.29, 0.717) is 5.56 Å². The lowest BCUT2D eigenvalue weighted by molar-refractivity contribution is -0.138. The fraction of sp³-hybridized carbons (Fsp3) is 0.462. The molecule has 0 fully saturated rings. The van der Waals surface area contributed by atoms with Gasteiger partial charge in [-0.05, 0) is 36.0 Å². The normalized spacial score (nSPS) is 15.9. The van der Waals surface area contributed by atoms with Crippen LogP contribution in [0.1, 0.15) is 35.4 Å². The summed E-state index contributed by atoms with van der Waals surface area (Å²) in [7, 11) is 0. The molecule has 1 aromatic carbocycles. The number of halogens is 2. The fourth-order valence-electron chi connectivity index (χ4n) is 2.52. The average molecular weight is 240 g/mol. The Hall–Kier alpha value is -1.45. The highest BCUT2D eigenvalue weighted by Gasteiger charge is 2.29. The molecule has 0 bridgehead atoms. The van der Waals surface area contributed by atoms with Crippen molar-refractivity contribution in [3.8, 4) is 0 Å². The number of aliphatic carboxylic acids is 1. The van der Waals surface area contributed by atoms with Gasteiger partial charge in [-0.25, -0.2) is 8.78 Å². The van der Waals surface area contributed by atoms with Gasteiger partial charge in [-0.2, -0.15) is 0 Å². The van der Waals surface area contributed by atoms with E-state index in [1.54, 1.807) is 12.1 Å². The summed E-state index contributed by atoms with van der Waals surface area (Å²) in [5, 5.41) is 8.71.